The highest BCUT2D eigenvalue weighted by Crippen LogP contribution is 2.36. The van der Waals surface area contributed by atoms with Gasteiger partial charge in [-0.1, -0.05) is 29.8 Å². The van der Waals surface area contributed by atoms with Gasteiger partial charge in [-0.2, -0.15) is 24.9 Å². The van der Waals surface area contributed by atoms with Crippen molar-refractivity contribution in [3.05, 3.63) is 64.4 Å². The maximum atomic E-state index is 13.5. The highest BCUT2D eigenvalue weighted by molar-refractivity contribution is 7.98. The number of nitrogens with one attached hydrogen (secondary N) is 2. The Kier molecular flexibility index (Phi) is 8.19. The van der Waals surface area contributed by atoms with Gasteiger partial charge < -0.3 is 10.6 Å². The van der Waals surface area contributed by atoms with E-state index in [0.29, 0.717) is 17.9 Å². The molecule has 0 saturated carbocycles. The summed E-state index contributed by atoms with van der Waals surface area (Å²) in [5.41, 5.74) is -0.0458. The van der Waals surface area contributed by atoms with Gasteiger partial charge in [-0.05, 0) is 54.2 Å². The standard InChI is InChI=1S/C18H17ClF4N2S2/c19-15-7-6-13(10-14(15)18(21,22)23)25-17(26)24-8-3-9-27-11-12-4-1-2-5-16(12)20/h1-2,4-7,10H,3,8-9,11H2,(H2,24,25,26). The molecule has 146 valence electrons. The average Bonchev–Trinajstić information content (AvgIpc) is 2.60. The first-order valence-electron chi connectivity index (χ1n) is 8.00. The molecule has 0 amide bonds. The summed E-state index contributed by atoms with van der Waals surface area (Å²) in [7, 11) is 0. The van der Waals surface area contributed by atoms with Gasteiger partial charge in [-0.15, -0.1) is 0 Å². The van der Waals surface area contributed by atoms with Crippen LogP contribution in [0.1, 0.15) is 17.5 Å². The monoisotopic (exact) mass is 436 g/mol. The van der Waals surface area contributed by atoms with E-state index in [4.69, 9.17) is 23.8 Å². The predicted molar refractivity (Wildman–Crippen MR) is 108 cm³/mol. The van der Waals surface area contributed by atoms with Gasteiger partial charge in [0.1, 0.15) is 5.82 Å². The van der Waals surface area contributed by atoms with E-state index >= 15 is 0 Å². The maximum absolute atomic E-state index is 13.5. The zero-order chi connectivity index (χ0) is 19.9. The SMILES string of the molecule is Fc1ccccc1CSCCCNC(=S)Nc1ccc(Cl)c(C(F)(F)F)c1. The lowest BCUT2D eigenvalue weighted by Crippen LogP contribution is -2.29. The van der Waals surface area contributed by atoms with Crippen molar-refractivity contribution in [1.29, 1.82) is 0 Å². The molecule has 0 fully saturated rings. The molecule has 0 spiro atoms. The molecule has 0 unspecified atom stereocenters. The van der Waals surface area contributed by atoms with E-state index in [1.807, 2.05) is 0 Å². The van der Waals surface area contributed by atoms with Gasteiger partial charge in [0, 0.05) is 18.0 Å². The number of alkyl halides is 3. The molecule has 2 aromatic carbocycles. The predicted octanol–water partition coefficient (Wildman–Crippen LogP) is 6.11. The third kappa shape index (κ3) is 7.20. The Morgan fingerprint density at radius 2 is 1.89 bits per heavy atom. The van der Waals surface area contributed by atoms with Crippen LogP contribution in [-0.4, -0.2) is 17.4 Å². The van der Waals surface area contributed by atoms with Crippen LogP contribution in [0.25, 0.3) is 0 Å². The second-order valence-corrected chi connectivity index (χ2v) is 7.49. The highest BCUT2D eigenvalue weighted by atomic mass is 35.5. The van der Waals surface area contributed by atoms with Crippen molar-refractivity contribution in [1.82, 2.24) is 5.32 Å². The molecule has 2 nitrogen and oxygen atoms in total. The third-order valence-electron chi connectivity index (χ3n) is 3.50. The minimum atomic E-state index is -4.53. The van der Waals surface area contributed by atoms with Crippen molar-refractivity contribution in [3.8, 4) is 0 Å². The maximum Gasteiger partial charge on any atom is 0.417 e. The second-order valence-electron chi connectivity index (χ2n) is 5.57. The number of benzene rings is 2. The third-order valence-corrected chi connectivity index (χ3v) is 5.16. The molecule has 0 aliphatic heterocycles. The van der Waals surface area contributed by atoms with Crippen LogP contribution in [0.3, 0.4) is 0 Å². The van der Waals surface area contributed by atoms with Crippen LogP contribution in [0.5, 0.6) is 0 Å². The summed E-state index contributed by atoms with van der Waals surface area (Å²) in [5.74, 6) is 1.17. The van der Waals surface area contributed by atoms with Crippen LogP contribution >= 0.6 is 35.6 Å². The molecule has 27 heavy (non-hydrogen) atoms. The van der Waals surface area contributed by atoms with Crippen molar-refractivity contribution in [2.75, 3.05) is 17.6 Å². The first-order valence-corrected chi connectivity index (χ1v) is 9.94. The summed E-state index contributed by atoms with van der Waals surface area (Å²) >= 11 is 12.3. The lowest BCUT2D eigenvalue weighted by Gasteiger charge is -2.14. The van der Waals surface area contributed by atoms with Crippen molar-refractivity contribution < 1.29 is 17.6 Å². The smallest absolute Gasteiger partial charge is 0.362 e. The molecular formula is C18H17ClF4N2S2. The lowest BCUT2D eigenvalue weighted by atomic mass is 10.2. The van der Waals surface area contributed by atoms with Crippen LogP contribution in [0.2, 0.25) is 5.02 Å². The van der Waals surface area contributed by atoms with Crippen molar-refractivity contribution >= 4 is 46.4 Å². The van der Waals surface area contributed by atoms with Crippen LogP contribution in [0, 0.1) is 5.82 Å². The first-order chi connectivity index (χ1) is 12.8. The first kappa shape index (κ1) is 21.8. The minimum absolute atomic E-state index is 0.207. The van der Waals surface area contributed by atoms with E-state index in [1.165, 1.54) is 18.2 Å². The molecule has 0 bridgehead atoms. The minimum Gasteiger partial charge on any atom is -0.362 e. The fraction of sp³-hybridized carbons (Fsp3) is 0.278. The summed E-state index contributed by atoms with van der Waals surface area (Å²) in [4.78, 5) is 0. The zero-order valence-corrected chi connectivity index (χ0v) is 16.5. The number of halogens is 5. The Morgan fingerprint density at radius 1 is 1.15 bits per heavy atom. The molecule has 2 N–H and O–H groups in total. The Bertz CT molecular complexity index is 784. The molecule has 2 aromatic rings. The summed E-state index contributed by atoms with van der Waals surface area (Å²) in [6, 6.07) is 10.2. The number of thioether (sulfide) groups is 1. The number of rotatable bonds is 7. The van der Waals surface area contributed by atoms with Crippen molar-refractivity contribution in [2.24, 2.45) is 0 Å². The van der Waals surface area contributed by atoms with Gasteiger partial charge in [-0.25, -0.2) is 4.39 Å². The van der Waals surface area contributed by atoms with E-state index in [0.717, 1.165) is 18.2 Å². The molecule has 0 heterocycles. The summed E-state index contributed by atoms with van der Waals surface area (Å²) in [5, 5.41) is 5.51. The molecule has 0 aromatic heterocycles. The molecule has 0 atom stereocenters. The fourth-order valence-electron chi connectivity index (χ4n) is 2.17. The molecule has 0 aliphatic rings. The van der Waals surface area contributed by atoms with E-state index in [-0.39, 0.29) is 21.6 Å². The van der Waals surface area contributed by atoms with Crippen molar-refractivity contribution in [2.45, 2.75) is 18.3 Å². The Labute approximate surface area is 169 Å². The second kappa shape index (κ2) is 10.1. The van der Waals surface area contributed by atoms with Gasteiger partial charge >= 0.3 is 6.18 Å². The van der Waals surface area contributed by atoms with Crippen molar-refractivity contribution in [3.63, 3.8) is 0 Å². The Balaban J connectivity index is 1.70. The Hall–Kier alpha value is -1.51. The van der Waals surface area contributed by atoms with E-state index in [9.17, 15) is 17.6 Å². The van der Waals surface area contributed by atoms with Gasteiger partial charge in [-0.3, -0.25) is 0 Å². The van der Waals surface area contributed by atoms with E-state index < -0.39 is 11.7 Å². The molecular weight excluding hydrogens is 420 g/mol. The zero-order valence-electron chi connectivity index (χ0n) is 14.1. The highest BCUT2D eigenvalue weighted by Gasteiger charge is 2.33. The van der Waals surface area contributed by atoms with Gasteiger partial charge in [0.05, 0.1) is 10.6 Å². The van der Waals surface area contributed by atoms with Gasteiger partial charge in [0.25, 0.3) is 0 Å². The topological polar surface area (TPSA) is 24.1 Å². The quantitative estimate of drug-likeness (QED) is 0.311. The van der Waals surface area contributed by atoms with E-state index in [2.05, 4.69) is 10.6 Å². The number of hydrogen-bond acceptors (Lipinski definition) is 2. The molecule has 2 rings (SSSR count). The largest absolute Gasteiger partial charge is 0.417 e. The summed E-state index contributed by atoms with van der Waals surface area (Å²) in [6.07, 6.45) is -3.76. The molecule has 0 saturated heterocycles. The molecule has 0 aliphatic carbocycles. The van der Waals surface area contributed by atoms with Gasteiger partial charge in [0.2, 0.25) is 0 Å². The normalized spacial score (nSPS) is 11.3. The number of hydrogen-bond donors (Lipinski definition) is 2. The average molecular weight is 437 g/mol. The molecule has 9 heteroatoms. The Morgan fingerprint density at radius 3 is 2.59 bits per heavy atom. The summed E-state index contributed by atoms with van der Waals surface area (Å²) in [6.45, 7) is 0.551. The van der Waals surface area contributed by atoms with Crippen LogP contribution < -0.4 is 10.6 Å². The molecule has 0 radical (unpaired) electrons. The number of thiocarbonyl (C=S) groups is 1. The summed E-state index contributed by atoms with van der Waals surface area (Å²) < 4.78 is 52.0. The fourth-order valence-corrected chi connectivity index (χ4v) is 3.56. The van der Waals surface area contributed by atoms with Crippen LogP contribution in [0.4, 0.5) is 23.2 Å². The lowest BCUT2D eigenvalue weighted by molar-refractivity contribution is -0.137. The van der Waals surface area contributed by atoms with Gasteiger partial charge in [0.15, 0.2) is 5.11 Å². The van der Waals surface area contributed by atoms with Crippen LogP contribution in [0.15, 0.2) is 42.5 Å². The van der Waals surface area contributed by atoms with Crippen LogP contribution in [-0.2, 0) is 11.9 Å². The van der Waals surface area contributed by atoms with E-state index in [1.54, 1.807) is 30.0 Å². The number of anilines is 1.